The Bertz CT molecular complexity index is 1600. The number of aliphatic hydroxyl groups excluding tert-OH is 2. The number of likely N-dealkylation sites (N-methyl/N-ethyl adjacent to an activating group) is 1. The van der Waals surface area contributed by atoms with Crippen LogP contribution in [0, 0.1) is 0 Å². The van der Waals surface area contributed by atoms with Crippen LogP contribution in [0.1, 0.15) is 80.8 Å². The average molecular weight is 600 g/mol. The Morgan fingerprint density at radius 1 is 1.05 bits per heavy atom. The predicted octanol–water partition coefficient (Wildman–Crippen LogP) is 0.588. The van der Waals surface area contributed by atoms with Gasteiger partial charge < -0.3 is 49.4 Å². The van der Waals surface area contributed by atoms with Crippen molar-refractivity contribution in [1.29, 1.82) is 0 Å². The molecule has 2 aliphatic heterocycles. The third kappa shape index (κ3) is 3.76. The van der Waals surface area contributed by atoms with Gasteiger partial charge >= 0.3 is 5.97 Å². The molecule has 230 valence electrons. The number of aromatic hydroxyl groups is 2. The van der Waals surface area contributed by atoms with Crippen molar-refractivity contribution in [3.05, 3.63) is 51.1 Å². The lowest BCUT2D eigenvalue weighted by Gasteiger charge is -2.53. The number of carbonyl (C=O) groups excluding carboxylic acids is 3. The Kier molecular flexibility index (Phi) is 6.48. The summed E-state index contributed by atoms with van der Waals surface area (Å²) in [6, 6.07) is 1.58. The molecule has 1 saturated heterocycles. The first kappa shape index (κ1) is 29.5. The maximum Gasteiger partial charge on any atom is 0.316 e. The molecule has 0 aromatic heterocycles. The van der Waals surface area contributed by atoms with Crippen LogP contribution in [0.4, 0.5) is 0 Å². The Labute approximate surface area is 246 Å². The number of nitrogens with zero attached hydrogens (tertiary/aromatic N) is 1. The summed E-state index contributed by atoms with van der Waals surface area (Å²) in [7, 11) is 5.79. The number of aliphatic hydroxyl groups is 3. The van der Waals surface area contributed by atoms with Crippen LogP contribution in [-0.2, 0) is 24.6 Å². The summed E-state index contributed by atoms with van der Waals surface area (Å²) in [5, 5.41) is 56.3. The Balaban J connectivity index is 1.61. The van der Waals surface area contributed by atoms with Crippen molar-refractivity contribution in [2.75, 3.05) is 28.3 Å². The van der Waals surface area contributed by atoms with Gasteiger partial charge in [0.2, 0.25) is 12.1 Å². The predicted molar refractivity (Wildman–Crippen MR) is 145 cm³/mol. The normalized spacial score (nSPS) is 34.1. The number of benzene rings is 2. The summed E-state index contributed by atoms with van der Waals surface area (Å²) in [5.41, 5.74) is -4.63. The highest BCUT2D eigenvalue weighted by Gasteiger charge is 2.59. The van der Waals surface area contributed by atoms with Gasteiger partial charge in [-0.15, -0.1) is 0 Å². The van der Waals surface area contributed by atoms with Crippen LogP contribution in [0.15, 0.2) is 12.1 Å². The highest BCUT2D eigenvalue weighted by atomic mass is 16.7. The van der Waals surface area contributed by atoms with Crippen LogP contribution in [0.3, 0.4) is 0 Å². The number of fused-ring (bicyclic) bond motifs is 8. The molecule has 13 heteroatoms. The van der Waals surface area contributed by atoms with Gasteiger partial charge in [0, 0.05) is 30.2 Å². The first-order valence-corrected chi connectivity index (χ1v) is 13.7. The van der Waals surface area contributed by atoms with Crippen molar-refractivity contribution in [1.82, 2.24) is 4.90 Å². The van der Waals surface area contributed by atoms with Crippen LogP contribution in [0.2, 0.25) is 0 Å². The minimum atomic E-state index is -1.71. The van der Waals surface area contributed by atoms with E-state index in [-0.39, 0.29) is 40.0 Å². The zero-order valence-electron chi connectivity index (χ0n) is 24.4. The fourth-order valence-electron chi connectivity index (χ4n) is 7.24. The fourth-order valence-corrected chi connectivity index (χ4v) is 7.24. The number of carbonyl (C=O) groups is 3. The van der Waals surface area contributed by atoms with E-state index in [1.54, 1.807) is 19.0 Å². The van der Waals surface area contributed by atoms with E-state index in [2.05, 4.69) is 0 Å². The van der Waals surface area contributed by atoms with Crippen molar-refractivity contribution in [2.24, 2.45) is 0 Å². The highest BCUT2D eigenvalue weighted by Crippen LogP contribution is 2.55. The van der Waals surface area contributed by atoms with Crippen LogP contribution >= 0.6 is 0 Å². The van der Waals surface area contributed by atoms with Gasteiger partial charge in [-0.05, 0) is 45.6 Å². The van der Waals surface area contributed by atoms with Gasteiger partial charge in [0.05, 0.1) is 41.5 Å². The van der Waals surface area contributed by atoms with Crippen LogP contribution in [0.25, 0.3) is 0 Å². The van der Waals surface area contributed by atoms with Gasteiger partial charge in [0.15, 0.2) is 5.78 Å². The molecule has 2 aromatic carbocycles. The lowest BCUT2D eigenvalue weighted by molar-refractivity contribution is -0.311. The van der Waals surface area contributed by atoms with Crippen molar-refractivity contribution in [2.45, 2.75) is 68.0 Å². The number of ketones is 2. The summed E-state index contributed by atoms with van der Waals surface area (Å²) in [5.74, 6) is -5.32. The number of rotatable bonds is 3. The molecule has 2 aliphatic carbocycles. The van der Waals surface area contributed by atoms with E-state index < -0.39 is 87.9 Å². The minimum absolute atomic E-state index is 0.0394. The summed E-state index contributed by atoms with van der Waals surface area (Å²) >= 11 is 0. The van der Waals surface area contributed by atoms with Gasteiger partial charge in [0.25, 0.3) is 0 Å². The fraction of sp³-hybridized carbons (Fsp3) is 0.500. The summed E-state index contributed by atoms with van der Waals surface area (Å²) in [4.78, 5) is 42.8. The second-order valence-electron chi connectivity index (χ2n) is 12.2. The molecule has 2 aromatic rings. The van der Waals surface area contributed by atoms with Gasteiger partial charge in [0.1, 0.15) is 41.0 Å². The highest BCUT2D eigenvalue weighted by molar-refractivity contribution is 6.31. The van der Waals surface area contributed by atoms with Crippen LogP contribution < -0.4 is 4.74 Å². The molecule has 0 saturated carbocycles. The van der Waals surface area contributed by atoms with Crippen molar-refractivity contribution < 1.29 is 58.9 Å². The molecule has 8 atom stereocenters. The van der Waals surface area contributed by atoms with E-state index in [9.17, 15) is 39.9 Å². The Hall–Kier alpha value is -3.59. The third-order valence-corrected chi connectivity index (χ3v) is 9.37. The van der Waals surface area contributed by atoms with Gasteiger partial charge in [-0.1, -0.05) is 0 Å². The second kappa shape index (κ2) is 9.45. The molecule has 5 N–H and O–H groups in total. The number of phenolic OH excluding ortho intramolecular Hbond substituents is 2. The largest absolute Gasteiger partial charge is 0.507 e. The first-order chi connectivity index (χ1) is 20.1. The van der Waals surface area contributed by atoms with E-state index >= 15 is 0 Å². The van der Waals surface area contributed by atoms with E-state index in [1.807, 2.05) is 0 Å². The molecule has 1 fully saturated rings. The summed E-state index contributed by atoms with van der Waals surface area (Å²) < 4.78 is 22.4. The molecule has 2 bridgehead atoms. The molecule has 6 rings (SSSR count). The minimum Gasteiger partial charge on any atom is -0.507 e. The third-order valence-electron chi connectivity index (χ3n) is 9.37. The van der Waals surface area contributed by atoms with Crippen molar-refractivity contribution in [3.63, 3.8) is 0 Å². The molecule has 4 aliphatic rings. The standard InChI is InChI=1S/C30H33NO12/c1-29(39)9-14(40-5)15-10(19(29)27(38)41-6)7-11-16(22(15)34)23(35)17-13(32)8-12-25(18(17)21(11)33)42-28-24(36)20(31(3)4)26(37)30(12,2)43-28/h7-8,14,19-20,24,26,28,32,34,36-37,39H,9H2,1-6H3/t14-,19-,20+,24+,26-,28+,29-,30+/m0/s1. The van der Waals surface area contributed by atoms with E-state index in [0.717, 1.165) is 7.11 Å². The Morgan fingerprint density at radius 2 is 1.72 bits per heavy atom. The molecule has 0 spiro atoms. The van der Waals surface area contributed by atoms with Crippen LogP contribution in [-0.4, -0.2) is 106 Å². The zero-order chi connectivity index (χ0) is 31.5. The molecular formula is C30H33NO12. The molecular weight excluding hydrogens is 566 g/mol. The van der Waals surface area contributed by atoms with E-state index in [0.29, 0.717) is 0 Å². The summed E-state index contributed by atoms with van der Waals surface area (Å²) in [6.45, 7) is 2.93. The first-order valence-electron chi connectivity index (χ1n) is 13.7. The smallest absolute Gasteiger partial charge is 0.316 e. The molecule has 43 heavy (non-hydrogen) atoms. The molecule has 13 nitrogen and oxygen atoms in total. The monoisotopic (exact) mass is 599 g/mol. The van der Waals surface area contributed by atoms with Gasteiger partial charge in [-0.25, -0.2) is 0 Å². The maximum atomic E-state index is 14.3. The lowest BCUT2D eigenvalue weighted by atomic mass is 9.68. The number of esters is 1. The molecule has 2 heterocycles. The second-order valence-corrected chi connectivity index (χ2v) is 12.2. The van der Waals surface area contributed by atoms with E-state index in [1.165, 1.54) is 33.1 Å². The van der Waals surface area contributed by atoms with Gasteiger partial charge in [-0.3, -0.25) is 14.4 Å². The number of hydrogen-bond acceptors (Lipinski definition) is 13. The zero-order valence-corrected chi connectivity index (χ0v) is 24.4. The molecule has 0 unspecified atom stereocenters. The topological polar surface area (TPSA) is 193 Å². The number of phenols is 2. The Morgan fingerprint density at radius 3 is 2.33 bits per heavy atom. The SMILES string of the molecule is COC(=O)[C@@H]1c2cc3c(c(O)c2[C@@H](OC)C[C@]1(C)O)C(=O)c1c(O)cc2c(c1C3=O)O[C@@H]1O[C@@]2(C)[C@@H](O)[C@H](N(C)C)[C@H]1O. The van der Waals surface area contributed by atoms with Crippen molar-refractivity contribution in [3.8, 4) is 17.2 Å². The number of methoxy groups -OCH3 is 2. The quantitative estimate of drug-likeness (QED) is 0.263. The van der Waals surface area contributed by atoms with E-state index in [4.69, 9.17) is 18.9 Å². The number of ether oxygens (including phenoxy) is 4. The average Bonchev–Trinajstić information content (AvgIpc) is 2.93. The van der Waals surface area contributed by atoms with Gasteiger partial charge in [-0.2, -0.15) is 0 Å². The van der Waals surface area contributed by atoms with Crippen molar-refractivity contribution >= 4 is 17.5 Å². The molecule has 0 amide bonds. The summed E-state index contributed by atoms with van der Waals surface area (Å²) in [6.07, 6.45) is -5.13. The molecule has 0 radical (unpaired) electrons. The number of hydrogen-bond donors (Lipinski definition) is 5. The lowest BCUT2D eigenvalue weighted by Crippen LogP contribution is -2.68. The van der Waals surface area contributed by atoms with Crippen LogP contribution in [0.5, 0.6) is 17.2 Å². The maximum absolute atomic E-state index is 14.3.